The Morgan fingerprint density at radius 1 is 1.15 bits per heavy atom. The Balaban J connectivity index is 1.53. The lowest BCUT2D eigenvalue weighted by Gasteiger charge is -2.20. The zero-order valence-electron chi connectivity index (χ0n) is 15.3. The number of benzene rings is 2. The van der Waals surface area contributed by atoms with Crippen LogP contribution in [0.15, 0.2) is 60.8 Å². The zero-order valence-corrected chi connectivity index (χ0v) is 15.3. The summed E-state index contributed by atoms with van der Waals surface area (Å²) in [4.78, 5) is 0. The molecule has 3 rings (SSSR count). The third kappa shape index (κ3) is 5.15. The molecule has 0 bridgehead atoms. The van der Waals surface area contributed by atoms with E-state index in [1.165, 1.54) is 6.07 Å². The minimum Gasteiger partial charge on any atom is -0.508 e. The largest absolute Gasteiger partial charge is 0.508 e. The van der Waals surface area contributed by atoms with Crippen LogP contribution in [0.3, 0.4) is 0 Å². The lowest BCUT2D eigenvalue weighted by atomic mass is 10.1. The van der Waals surface area contributed by atoms with E-state index in [1.54, 1.807) is 35.1 Å². The van der Waals surface area contributed by atoms with Gasteiger partial charge in [-0.2, -0.15) is 5.10 Å². The van der Waals surface area contributed by atoms with E-state index in [0.717, 1.165) is 24.2 Å². The number of phenolic OH excluding ortho intramolecular Hbond substituents is 1. The van der Waals surface area contributed by atoms with E-state index in [2.05, 4.69) is 10.4 Å². The summed E-state index contributed by atoms with van der Waals surface area (Å²) < 4.78 is 21.0. The van der Waals surface area contributed by atoms with E-state index >= 15 is 0 Å². The standard InChI is InChI=1S/C21H24FN3O2/c1-25-19(10-12-24-25)21(18-7-2-3-8-20(18)26)27-14-13-23-11-9-16-5-4-6-17(22)15-16/h2-8,10,12,15,21,23,26H,9,11,13-14H2,1H3. The molecule has 6 heteroatoms. The van der Waals surface area contributed by atoms with E-state index in [-0.39, 0.29) is 11.6 Å². The van der Waals surface area contributed by atoms with Gasteiger partial charge in [-0.3, -0.25) is 4.68 Å². The molecule has 0 aliphatic heterocycles. The number of rotatable bonds is 9. The molecule has 0 spiro atoms. The van der Waals surface area contributed by atoms with Crippen LogP contribution in [0, 0.1) is 5.82 Å². The third-order valence-electron chi connectivity index (χ3n) is 4.39. The number of aryl methyl sites for hydroxylation is 1. The number of nitrogens with one attached hydrogen (secondary N) is 1. The molecule has 0 saturated carbocycles. The molecule has 1 unspecified atom stereocenters. The molecule has 5 nitrogen and oxygen atoms in total. The van der Waals surface area contributed by atoms with Gasteiger partial charge in [-0.05, 0) is 42.8 Å². The fourth-order valence-electron chi connectivity index (χ4n) is 2.98. The van der Waals surface area contributed by atoms with Crippen molar-refractivity contribution in [1.29, 1.82) is 0 Å². The number of para-hydroxylation sites is 1. The Kier molecular flexibility index (Phi) is 6.57. The second-order valence-electron chi connectivity index (χ2n) is 6.32. The second-order valence-corrected chi connectivity index (χ2v) is 6.32. The van der Waals surface area contributed by atoms with Crippen LogP contribution in [0.5, 0.6) is 5.75 Å². The normalized spacial score (nSPS) is 12.2. The van der Waals surface area contributed by atoms with Crippen molar-refractivity contribution in [2.45, 2.75) is 12.5 Å². The van der Waals surface area contributed by atoms with Crippen molar-refractivity contribution in [3.05, 3.63) is 83.4 Å². The summed E-state index contributed by atoms with van der Waals surface area (Å²) in [5.74, 6) is -0.0136. The predicted octanol–water partition coefficient (Wildman–Crippen LogP) is 3.20. The van der Waals surface area contributed by atoms with Crippen molar-refractivity contribution in [1.82, 2.24) is 15.1 Å². The van der Waals surface area contributed by atoms with Crippen LogP contribution in [0.25, 0.3) is 0 Å². The van der Waals surface area contributed by atoms with Gasteiger partial charge in [-0.1, -0.05) is 30.3 Å². The van der Waals surface area contributed by atoms with Crippen molar-refractivity contribution in [3.63, 3.8) is 0 Å². The maximum Gasteiger partial charge on any atom is 0.128 e. The van der Waals surface area contributed by atoms with Crippen LogP contribution < -0.4 is 5.32 Å². The highest BCUT2D eigenvalue weighted by molar-refractivity contribution is 5.37. The third-order valence-corrected chi connectivity index (χ3v) is 4.39. The Morgan fingerprint density at radius 3 is 2.74 bits per heavy atom. The molecule has 0 amide bonds. The topological polar surface area (TPSA) is 59.3 Å². The Labute approximate surface area is 158 Å². The summed E-state index contributed by atoms with van der Waals surface area (Å²) in [6.07, 6.45) is 2.06. The van der Waals surface area contributed by atoms with Gasteiger partial charge in [0.2, 0.25) is 0 Å². The molecule has 1 atom stereocenters. The highest BCUT2D eigenvalue weighted by Gasteiger charge is 2.20. The summed E-state index contributed by atoms with van der Waals surface area (Å²) >= 11 is 0. The highest BCUT2D eigenvalue weighted by Crippen LogP contribution is 2.31. The summed E-state index contributed by atoms with van der Waals surface area (Å²) in [5, 5.41) is 17.7. The number of hydrogen-bond acceptors (Lipinski definition) is 4. The van der Waals surface area contributed by atoms with E-state index < -0.39 is 6.10 Å². The lowest BCUT2D eigenvalue weighted by molar-refractivity contribution is 0.0751. The molecule has 142 valence electrons. The average molecular weight is 369 g/mol. The zero-order chi connectivity index (χ0) is 19.1. The summed E-state index contributed by atoms with van der Waals surface area (Å²) in [5.41, 5.74) is 2.54. The molecule has 0 fully saturated rings. The minimum absolute atomic E-state index is 0.197. The van der Waals surface area contributed by atoms with Gasteiger partial charge in [0.1, 0.15) is 17.7 Å². The molecule has 27 heavy (non-hydrogen) atoms. The number of nitrogens with zero attached hydrogens (tertiary/aromatic N) is 2. The van der Waals surface area contributed by atoms with Crippen molar-refractivity contribution < 1.29 is 14.2 Å². The molecule has 2 aromatic carbocycles. The second kappa shape index (κ2) is 9.30. The lowest BCUT2D eigenvalue weighted by Crippen LogP contribution is -2.24. The SMILES string of the molecule is Cn1nccc1C(OCCNCCc1cccc(F)c1)c1ccccc1O. The summed E-state index contributed by atoms with van der Waals surface area (Å²) in [6, 6.07) is 15.7. The Morgan fingerprint density at radius 2 is 2.00 bits per heavy atom. The maximum atomic E-state index is 13.2. The number of ether oxygens (including phenoxy) is 1. The van der Waals surface area contributed by atoms with Crippen LogP contribution in [0.4, 0.5) is 4.39 Å². The van der Waals surface area contributed by atoms with Gasteiger partial charge >= 0.3 is 0 Å². The molecule has 0 aliphatic carbocycles. The number of hydrogen-bond donors (Lipinski definition) is 2. The van der Waals surface area contributed by atoms with Crippen molar-refractivity contribution in [2.24, 2.45) is 7.05 Å². The fraction of sp³-hybridized carbons (Fsp3) is 0.286. The number of halogens is 1. The van der Waals surface area contributed by atoms with Crippen LogP contribution in [0.2, 0.25) is 0 Å². The van der Waals surface area contributed by atoms with Gasteiger partial charge in [0.25, 0.3) is 0 Å². The minimum atomic E-state index is -0.399. The quantitative estimate of drug-likeness (QED) is 0.569. The molecule has 3 aromatic rings. The van der Waals surface area contributed by atoms with E-state index in [1.807, 2.05) is 31.3 Å². The number of aromatic hydroxyl groups is 1. The first-order valence-electron chi connectivity index (χ1n) is 8.97. The van der Waals surface area contributed by atoms with Gasteiger partial charge in [0.15, 0.2) is 0 Å². The maximum absolute atomic E-state index is 13.2. The molecule has 1 aromatic heterocycles. The van der Waals surface area contributed by atoms with Crippen molar-refractivity contribution in [3.8, 4) is 5.75 Å². The van der Waals surface area contributed by atoms with Crippen LogP contribution in [-0.2, 0) is 18.2 Å². The van der Waals surface area contributed by atoms with Gasteiger partial charge in [0, 0.05) is 25.4 Å². The van der Waals surface area contributed by atoms with Crippen molar-refractivity contribution >= 4 is 0 Å². The van der Waals surface area contributed by atoms with Crippen LogP contribution >= 0.6 is 0 Å². The molecule has 1 heterocycles. The highest BCUT2D eigenvalue weighted by atomic mass is 19.1. The van der Waals surface area contributed by atoms with Crippen LogP contribution in [0.1, 0.15) is 22.9 Å². The van der Waals surface area contributed by atoms with Gasteiger partial charge in [0.05, 0.1) is 12.3 Å². The summed E-state index contributed by atoms with van der Waals surface area (Å²) in [7, 11) is 1.85. The number of aromatic nitrogens is 2. The van der Waals surface area contributed by atoms with E-state index in [0.29, 0.717) is 18.7 Å². The van der Waals surface area contributed by atoms with Gasteiger partial charge in [-0.25, -0.2) is 4.39 Å². The fourth-order valence-corrected chi connectivity index (χ4v) is 2.98. The van der Waals surface area contributed by atoms with Crippen molar-refractivity contribution in [2.75, 3.05) is 19.7 Å². The summed E-state index contributed by atoms with van der Waals surface area (Å²) in [6.45, 7) is 1.85. The monoisotopic (exact) mass is 369 g/mol. The molecular formula is C21H24FN3O2. The van der Waals surface area contributed by atoms with E-state index in [9.17, 15) is 9.50 Å². The smallest absolute Gasteiger partial charge is 0.128 e. The predicted molar refractivity (Wildman–Crippen MR) is 102 cm³/mol. The number of phenols is 1. The first-order valence-corrected chi connectivity index (χ1v) is 8.97. The van der Waals surface area contributed by atoms with Crippen LogP contribution in [-0.4, -0.2) is 34.6 Å². The molecule has 0 radical (unpaired) electrons. The van der Waals surface area contributed by atoms with Gasteiger partial charge in [-0.15, -0.1) is 0 Å². The van der Waals surface area contributed by atoms with E-state index in [4.69, 9.17) is 4.74 Å². The first kappa shape index (κ1) is 19.1. The molecular weight excluding hydrogens is 345 g/mol. The molecule has 0 aliphatic rings. The Bertz CT molecular complexity index is 866. The first-order chi connectivity index (χ1) is 13.1. The molecule has 0 saturated heterocycles. The Hall–Kier alpha value is -2.70. The molecule has 2 N–H and O–H groups in total. The average Bonchev–Trinajstić information content (AvgIpc) is 3.08. The van der Waals surface area contributed by atoms with Gasteiger partial charge < -0.3 is 15.2 Å².